The molecular weight excluding hydrogens is 138 g/mol. The molecule has 0 saturated heterocycles. The predicted octanol–water partition coefficient (Wildman–Crippen LogP) is 1.64. The molecule has 1 fully saturated rings. The second-order valence-electron chi connectivity index (χ2n) is 3.24. The molecule has 0 atom stereocenters. The number of Topliss-reactive ketones (excluding diaryl/α,β-unsaturated/α-hetero) is 1. The van der Waals surface area contributed by atoms with Crippen LogP contribution in [-0.2, 0) is 10.2 Å². The first-order chi connectivity index (χ1) is 5.26. The Hall–Kier alpha value is -1.05. The molecule has 0 aliphatic heterocycles. The molecule has 1 aliphatic rings. The summed E-state index contributed by atoms with van der Waals surface area (Å²) >= 11 is 0. The van der Waals surface area contributed by atoms with Crippen LogP contribution in [-0.4, -0.2) is 10.8 Å². The lowest BCUT2D eigenvalue weighted by Crippen LogP contribution is -2.15. The van der Waals surface area contributed by atoms with Gasteiger partial charge in [-0.15, -0.1) is 0 Å². The van der Waals surface area contributed by atoms with Gasteiger partial charge in [0.15, 0.2) is 0 Å². The minimum atomic E-state index is -0.0972. The van der Waals surface area contributed by atoms with Gasteiger partial charge >= 0.3 is 0 Å². The summed E-state index contributed by atoms with van der Waals surface area (Å²) in [5.41, 5.74) is 1.06. The van der Waals surface area contributed by atoms with Crippen molar-refractivity contribution in [1.29, 1.82) is 0 Å². The Bertz CT molecular complexity index is 270. The van der Waals surface area contributed by atoms with Gasteiger partial charge in [-0.05, 0) is 31.4 Å². The summed E-state index contributed by atoms with van der Waals surface area (Å²) in [4.78, 5) is 14.2. The van der Waals surface area contributed by atoms with Gasteiger partial charge in [0.25, 0.3) is 0 Å². The van der Waals surface area contributed by atoms with Crippen LogP contribution in [0.4, 0.5) is 0 Å². The van der Waals surface area contributed by atoms with Crippen LogP contribution in [0.1, 0.15) is 25.3 Å². The zero-order valence-electron chi connectivity index (χ0n) is 6.55. The lowest BCUT2D eigenvalue weighted by Gasteiger charge is -2.06. The summed E-state index contributed by atoms with van der Waals surface area (Å²) in [5, 5.41) is 0. The van der Waals surface area contributed by atoms with Gasteiger partial charge < -0.3 is 4.98 Å². The number of rotatable bonds is 2. The number of aromatic nitrogens is 1. The molecule has 0 unspecified atom stereocenters. The van der Waals surface area contributed by atoms with Crippen molar-refractivity contribution in [2.24, 2.45) is 0 Å². The van der Waals surface area contributed by atoms with Crippen molar-refractivity contribution in [2.75, 3.05) is 0 Å². The van der Waals surface area contributed by atoms with Gasteiger partial charge in [0.2, 0.25) is 0 Å². The van der Waals surface area contributed by atoms with E-state index in [2.05, 4.69) is 4.98 Å². The van der Waals surface area contributed by atoms with Crippen molar-refractivity contribution in [1.82, 2.24) is 4.98 Å². The SMILES string of the molecule is CC(=O)C1(c2cc[nH]c2)CC1. The molecule has 1 aromatic rings. The monoisotopic (exact) mass is 149 g/mol. The van der Waals surface area contributed by atoms with E-state index in [0.717, 1.165) is 18.4 Å². The summed E-state index contributed by atoms with van der Waals surface area (Å²) in [6.45, 7) is 1.68. The molecule has 1 aliphatic carbocycles. The van der Waals surface area contributed by atoms with Gasteiger partial charge in [-0.3, -0.25) is 4.79 Å². The highest BCUT2D eigenvalue weighted by molar-refractivity contribution is 5.90. The molecule has 2 heteroatoms. The fraction of sp³-hybridized carbons (Fsp3) is 0.444. The maximum absolute atomic E-state index is 11.2. The van der Waals surface area contributed by atoms with Crippen LogP contribution in [0.2, 0.25) is 0 Å². The fourth-order valence-electron chi connectivity index (χ4n) is 1.59. The lowest BCUT2D eigenvalue weighted by atomic mass is 9.95. The third kappa shape index (κ3) is 0.821. The maximum atomic E-state index is 11.2. The lowest BCUT2D eigenvalue weighted by molar-refractivity contribution is -0.119. The molecule has 2 nitrogen and oxygen atoms in total. The topological polar surface area (TPSA) is 32.9 Å². The van der Waals surface area contributed by atoms with Crippen LogP contribution in [0.5, 0.6) is 0 Å². The van der Waals surface area contributed by atoms with Crippen molar-refractivity contribution >= 4 is 5.78 Å². The largest absolute Gasteiger partial charge is 0.367 e. The number of carbonyl (C=O) groups is 1. The van der Waals surface area contributed by atoms with Gasteiger partial charge in [-0.25, -0.2) is 0 Å². The maximum Gasteiger partial charge on any atom is 0.140 e. The second-order valence-corrected chi connectivity index (χ2v) is 3.24. The Kier molecular flexibility index (Phi) is 1.19. The van der Waals surface area contributed by atoms with Crippen molar-refractivity contribution in [3.05, 3.63) is 24.0 Å². The number of carbonyl (C=O) groups excluding carboxylic acids is 1. The number of aromatic amines is 1. The van der Waals surface area contributed by atoms with E-state index in [0.29, 0.717) is 5.78 Å². The van der Waals surface area contributed by atoms with Crippen LogP contribution in [0.15, 0.2) is 18.5 Å². The number of H-pyrrole nitrogens is 1. The number of ketones is 1. The molecule has 0 spiro atoms. The molecule has 11 heavy (non-hydrogen) atoms. The number of hydrogen-bond donors (Lipinski definition) is 1. The van der Waals surface area contributed by atoms with Crippen LogP contribution < -0.4 is 0 Å². The van der Waals surface area contributed by atoms with Gasteiger partial charge in [0, 0.05) is 12.4 Å². The summed E-state index contributed by atoms with van der Waals surface area (Å²) in [7, 11) is 0. The van der Waals surface area contributed by atoms with E-state index >= 15 is 0 Å². The van der Waals surface area contributed by atoms with E-state index in [-0.39, 0.29) is 5.41 Å². The molecule has 58 valence electrons. The average Bonchev–Trinajstić information content (AvgIpc) is 2.61. The van der Waals surface area contributed by atoms with Crippen LogP contribution >= 0.6 is 0 Å². The average molecular weight is 149 g/mol. The van der Waals surface area contributed by atoms with Crippen molar-refractivity contribution < 1.29 is 4.79 Å². The molecule has 1 N–H and O–H groups in total. The fourth-order valence-corrected chi connectivity index (χ4v) is 1.59. The minimum absolute atomic E-state index is 0.0972. The van der Waals surface area contributed by atoms with E-state index in [1.807, 2.05) is 18.5 Å². The van der Waals surface area contributed by atoms with Crippen molar-refractivity contribution in [3.63, 3.8) is 0 Å². The quantitative estimate of drug-likeness (QED) is 0.681. The number of nitrogens with one attached hydrogen (secondary N) is 1. The van der Waals surface area contributed by atoms with Gasteiger partial charge in [0.05, 0.1) is 5.41 Å². The van der Waals surface area contributed by atoms with Gasteiger partial charge in [-0.2, -0.15) is 0 Å². The molecule has 0 radical (unpaired) electrons. The van der Waals surface area contributed by atoms with Crippen LogP contribution in [0.25, 0.3) is 0 Å². The highest BCUT2D eigenvalue weighted by atomic mass is 16.1. The summed E-state index contributed by atoms with van der Waals surface area (Å²) in [6, 6.07) is 1.99. The van der Waals surface area contributed by atoms with Gasteiger partial charge in [0.1, 0.15) is 5.78 Å². The Balaban J connectivity index is 2.36. The molecule has 2 rings (SSSR count). The molecular formula is C9H11NO. The molecule has 1 heterocycles. The van der Waals surface area contributed by atoms with Crippen LogP contribution in [0.3, 0.4) is 0 Å². The Morgan fingerprint density at radius 3 is 2.73 bits per heavy atom. The summed E-state index contributed by atoms with van der Waals surface area (Å²) in [6.07, 6.45) is 5.85. The number of hydrogen-bond acceptors (Lipinski definition) is 1. The first kappa shape index (κ1) is 6.65. The molecule has 0 aromatic carbocycles. The standard InChI is InChI=1S/C9H11NO/c1-7(11)9(3-4-9)8-2-5-10-6-8/h2,5-6,10H,3-4H2,1H3. The zero-order valence-corrected chi connectivity index (χ0v) is 6.55. The Morgan fingerprint density at radius 1 is 1.64 bits per heavy atom. The zero-order chi connectivity index (χ0) is 7.90. The van der Waals surface area contributed by atoms with E-state index in [9.17, 15) is 4.79 Å². The third-order valence-electron chi connectivity index (χ3n) is 2.57. The molecule has 1 saturated carbocycles. The van der Waals surface area contributed by atoms with E-state index in [4.69, 9.17) is 0 Å². The first-order valence-electron chi connectivity index (χ1n) is 3.90. The highest BCUT2D eigenvalue weighted by Crippen LogP contribution is 2.48. The predicted molar refractivity (Wildman–Crippen MR) is 42.4 cm³/mol. The Labute approximate surface area is 65.6 Å². The van der Waals surface area contributed by atoms with Crippen molar-refractivity contribution in [3.8, 4) is 0 Å². The highest BCUT2D eigenvalue weighted by Gasteiger charge is 2.48. The van der Waals surface area contributed by atoms with Crippen LogP contribution in [0, 0.1) is 0 Å². The van der Waals surface area contributed by atoms with Crippen molar-refractivity contribution in [2.45, 2.75) is 25.2 Å². The van der Waals surface area contributed by atoms with Gasteiger partial charge in [-0.1, -0.05) is 0 Å². The Morgan fingerprint density at radius 2 is 2.36 bits per heavy atom. The third-order valence-corrected chi connectivity index (χ3v) is 2.57. The molecule has 0 bridgehead atoms. The first-order valence-corrected chi connectivity index (χ1v) is 3.90. The molecule has 0 amide bonds. The minimum Gasteiger partial charge on any atom is -0.367 e. The molecule has 1 aromatic heterocycles. The normalized spacial score (nSPS) is 19.7. The summed E-state index contributed by atoms with van der Waals surface area (Å²) in [5.74, 6) is 0.303. The van der Waals surface area contributed by atoms with E-state index < -0.39 is 0 Å². The summed E-state index contributed by atoms with van der Waals surface area (Å²) < 4.78 is 0. The second kappa shape index (κ2) is 1.97. The van der Waals surface area contributed by atoms with E-state index in [1.54, 1.807) is 6.92 Å². The van der Waals surface area contributed by atoms with E-state index in [1.165, 1.54) is 0 Å². The smallest absolute Gasteiger partial charge is 0.140 e.